The smallest absolute Gasteiger partial charge is 0.255 e. The van der Waals surface area contributed by atoms with Gasteiger partial charge >= 0.3 is 0 Å². The Kier molecular flexibility index (Phi) is 5.56. The molecule has 2 aromatic carbocycles. The van der Waals surface area contributed by atoms with Crippen molar-refractivity contribution in [2.45, 2.75) is 0 Å². The summed E-state index contributed by atoms with van der Waals surface area (Å²) >= 11 is 3.23. The summed E-state index contributed by atoms with van der Waals surface area (Å²) in [5.41, 5.74) is 0.976. The second-order valence-corrected chi connectivity index (χ2v) is 6.79. The van der Waals surface area contributed by atoms with Crippen LogP contribution < -0.4 is 4.74 Å². The number of methoxy groups -OCH3 is 1. The molecule has 0 radical (unpaired) electrons. The second-order valence-electron chi connectivity index (χ2n) is 5.94. The van der Waals surface area contributed by atoms with E-state index in [9.17, 15) is 14.0 Å². The van der Waals surface area contributed by atoms with E-state index in [4.69, 9.17) is 4.74 Å². The summed E-state index contributed by atoms with van der Waals surface area (Å²) < 4.78 is 18.8. The van der Waals surface area contributed by atoms with Crippen LogP contribution in [0.1, 0.15) is 20.7 Å². The van der Waals surface area contributed by atoms with Crippen LogP contribution in [0.25, 0.3) is 0 Å². The van der Waals surface area contributed by atoms with Crippen LogP contribution in [-0.4, -0.2) is 54.9 Å². The summed E-state index contributed by atoms with van der Waals surface area (Å²) in [5, 5.41) is 0. The molecule has 136 valence electrons. The van der Waals surface area contributed by atoms with Crippen molar-refractivity contribution < 1.29 is 18.7 Å². The van der Waals surface area contributed by atoms with Crippen molar-refractivity contribution in [3.8, 4) is 5.75 Å². The fourth-order valence-corrected chi connectivity index (χ4v) is 3.41. The van der Waals surface area contributed by atoms with Crippen LogP contribution in [0, 0.1) is 5.82 Å². The van der Waals surface area contributed by atoms with Crippen molar-refractivity contribution in [2.75, 3.05) is 33.3 Å². The quantitative estimate of drug-likeness (QED) is 0.765. The first-order chi connectivity index (χ1) is 12.5. The van der Waals surface area contributed by atoms with Gasteiger partial charge in [-0.3, -0.25) is 9.59 Å². The standard InChI is InChI=1S/C19H18BrFN2O3/c1-26-15-4-2-3-13(11-15)18(24)22-7-9-23(10-8-22)19(25)16-6-5-14(21)12-17(16)20/h2-6,11-12H,7-10H2,1H3. The number of carbonyl (C=O) groups is 2. The molecule has 1 heterocycles. The largest absolute Gasteiger partial charge is 0.497 e. The molecular formula is C19H18BrFN2O3. The number of hydrogen-bond acceptors (Lipinski definition) is 3. The molecule has 1 aliphatic heterocycles. The monoisotopic (exact) mass is 420 g/mol. The van der Waals surface area contributed by atoms with E-state index >= 15 is 0 Å². The van der Waals surface area contributed by atoms with Gasteiger partial charge in [0.05, 0.1) is 12.7 Å². The summed E-state index contributed by atoms with van der Waals surface area (Å²) in [6.45, 7) is 1.75. The number of carbonyl (C=O) groups excluding carboxylic acids is 2. The summed E-state index contributed by atoms with van der Waals surface area (Å²) in [4.78, 5) is 28.6. The highest BCUT2D eigenvalue weighted by atomic mass is 79.9. The van der Waals surface area contributed by atoms with Crippen molar-refractivity contribution in [3.63, 3.8) is 0 Å². The molecule has 5 nitrogen and oxygen atoms in total. The molecule has 3 rings (SSSR count). The number of amides is 2. The van der Waals surface area contributed by atoms with E-state index in [1.807, 2.05) is 0 Å². The number of hydrogen-bond donors (Lipinski definition) is 0. The zero-order valence-corrected chi connectivity index (χ0v) is 15.8. The maximum atomic E-state index is 13.2. The third kappa shape index (κ3) is 3.88. The minimum Gasteiger partial charge on any atom is -0.497 e. The first-order valence-electron chi connectivity index (χ1n) is 8.17. The average molecular weight is 421 g/mol. The third-order valence-corrected chi connectivity index (χ3v) is 4.99. The molecule has 1 saturated heterocycles. The van der Waals surface area contributed by atoms with E-state index in [1.165, 1.54) is 18.2 Å². The van der Waals surface area contributed by atoms with Crippen molar-refractivity contribution in [3.05, 3.63) is 63.9 Å². The van der Waals surface area contributed by atoms with Gasteiger partial charge in [0.2, 0.25) is 0 Å². The normalized spacial score (nSPS) is 14.3. The molecule has 0 unspecified atom stereocenters. The molecule has 0 bridgehead atoms. The Hall–Kier alpha value is -2.41. The van der Waals surface area contributed by atoms with Gasteiger partial charge < -0.3 is 14.5 Å². The maximum absolute atomic E-state index is 13.2. The number of nitrogens with zero attached hydrogens (tertiary/aromatic N) is 2. The zero-order chi connectivity index (χ0) is 18.7. The zero-order valence-electron chi connectivity index (χ0n) is 14.2. The first kappa shape index (κ1) is 18.4. The fourth-order valence-electron chi connectivity index (χ4n) is 2.88. The number of rotatable bonds is 3. The highest BCUT2D eigenvalue weighted by Gasteiger charge is 2.26. The van der Waals surface area contributed by atoms with Gasteiger partial charge in [-0.25, -0.2) is 4.39 Å². The minimum atomic E-state index is -0.401. The lowest BCUT2D eigenvalue weighted by atomic mass is 10.1. The molecule has 0 atom stereocenters. The van der Waals surface area contributed by atoms with Crippen molar-refractivity contribution in [1.82, 2.24) is 9.80 Å². The number of benzene rings is 2. The molecule has 0 saturated carbocycles. The van der Waals surface area contributed by atoms with Gasteiger partial charge in [0.1, 0.15) is 11.6 Å². The maximum Gasteiger partial charge on any atom is 0.255 e. The van der Waals surface area contributed by atoms with Crippen LogP contribution in [0.3, 0.4) is 0 Å². The van der Waals surface area contributed by atoms with Gasteiger partial charge in [0.15, 0.2) is 0 Å². The summed E-state index contributed by atoms with van der Waals surface area (Å²) in [6, 6.07) is 11.0. The molecule has 1 aliphatic rings. The molecule has 0 aromatic heterocycles. The van der Waals surface area contributed by atoms with Crippen molar-refractivity contribution >= 4 is 27.7 Å². The topological polar surface area (TPSA) is 49.9 Å². The van der Waals surface area contributed by atoms with Crippen LogP contribution in [0.5, 0.6) is 5.75 Å². The summed E-state index contributed by atoms with van der Waals surface area (Å²) in [6.07, 6.45) is 0. The van der Waals surface area contributed by atoms with Gasteiger partial charge in [0.25, 0.3) is 11.8 Å². The predicted octanol–water partition coefficient (Wildman–Crippen LogP) is 3.20. The molecule has 0 aliphatic carbocycles. The number of halogens is 2. The van der Waals surface area contributed by atoms with Crippen LogP contribution >= 0.6 is 15.9 Å². The SMILES string of the molecule is COc1cccc(C(=O)N2CCN(C(=O)c3ccc(F)cc3Br)CC2)c1. The highest BCUT2D eigenvalue weighted by Crippen LogP contribution is 2.21. The molecule has 2 amide bonds. The van der Waals surface area contributed by atoms with Gasteiger partial charge in [0, 0.05) is 36.2 Å². The van der Waals surface area contributed by atoms with Gasteiger partial charge in [-0.1, -0.05) is 6.07 Å². The van der Waals surface area contributed by atoms with Gasteiger partial charge in [-0.05, 0) is 52.3 Å². The Morgan fingerprint density at radius 2 is 1.65 bits per heavy atom. The van der Waals surface area contributed by atoms with Gasteiger partial charge in [-0.15, -0.1) is 0 Å². The van der Waals surface area contributed by atoms with E-state index < -0.39 is 5.82 Å². The Labute approximate surface area is 159 Å². The highest BCUT2D eigenvalue weighted by molar-refractivity contribution is 9.10. The van der Waals surface area contributed by atoms with Crippen molar-refractivity contribution in [2.24, 2.45) is 0 Å². The Balaban J connectivity index is 1.65. The molecule has 1 fully saturated rings. The van der Waals surface area contributed by atoms with E-state index in [0.717, 1.165) is 0 Å². The van der Waals surface area contributed by atoms with E-state index in [0.29, 0.717) is 47.5 Å². The third-order valence-electron chi connectivity index (χ3n) is 4.33. The fraction of sp³-hybridized carbons (Fsp3) is 0.263. The van der Waals surface area contributed by atoms with E-state index in [2.05, 4.69) is 15.9 Å². The number of ether oxygens (including phenoxy) is 1. The lowest BCUT2D eigenvalue weighted by Gasteiger charge is -2.35. The lowest BCUT2D eigenvalue weighted by Crippen LogP contribution is -2.50. The van der Waals surface area contributed by atoms with E-state index in [-0.39, 0.29) is 11.8 Å². The summed E-state index contributed by atoms with van der Waals surface area (Å²) in [5.74, 6) is -0.0303. The van der Waals surface area contributed by atoms with Crippen molar-refractivity contribution in [1.29, 1.82) is 0 Å². The Morgan fingerprint density at radius 1 is 1.00 bits per heavy atom. The molecule has 0 N–H and O–H groups in total. The summed E-state index contributed by atoms with van der Waals surface area (Å²) in [7, 11) is 1.56. The van der Waals surface area contributed by atoms with Crippen LogP contribution in [0.4, 0.5) is 4.39 Å². The predicted molar refractivity (Wildman–Crippen MR) is 98.9 cm³/mol. The van der Waals surface area contributed by atoms with Crippen LogP contribution in [0.2, 0.25) is 0 Å². The lowest BCUT2D eigenvalue weighted by molar-refractivity contribution is 0.0535. The van der Waals surface area contributed by atoms with Crippen LogP contribution in [0.15, 0.2) is 46.9 Å². The molecule has 26 heavy (non-hydrogen) atoms. The first-order valence-corrected chi connectivity index (χ1v) is 8.96. The molecule has 0 spiro atoms. The molecule has 2 aromatic rings. The van der Waals surface area contributed by atoms with E-state index in [1.54, 1.807) is 41.2 Å². The molecule has 7 heteroatoms. The second kappa shape index (κ2) is 7.86. The van der Waals surface area contributed by atoms with Crippen LogP contribution in [-0.2, 0) is 0 Å². The Morgan fingerprint density at radius 3 is 2.27 bits per heavy atom. The Bertz CT molecular complexity index is 835. The van der Waals surface area contributed by atoms with Gasteiger partial charge in [-0.2, -0.15) is 0 Å². The number of piperazine rings is 1. The molecular weight excluding hydrogens is 403 g/mol. The average Bonchev–Trinajstić information content (AvgIpc) is 2.67. The minimum absolute atomic E-state index is 0.0843.